The van der Waals surface area contributed by atoms with Gasteiger partial charge in [0.2, 0.25) is 0 Å². The van der Waals surface area contributed by atoms with Gasteiger partial charge in [-0.2, -0.15) is 5.10 Å². The average molecular weight is 269 g/mol. The number of H-pyrrole nitrogens is 1. The van der Waals surface area contributed by atoms with E-state index in [0.29, 0.717) is 25.2 Å². The van der Waals surface area contributed by atoms with E-state index >= 15 is 0 Å². The van der Waals surface area contributed by atoms with E-state index in [1.54, 1.807) is 6.92 Å². The number of nitrogens with one attached hydrogen (secondary N) is 3. The van der Waals surface area contributed by atoms with Gasteiger partial charge in [0.25, 0.3) is 0 Å². The summed E-state index contributed by atoms with van der Waals surface area (Å²) in [5.74, 6) is -0.491. The molecule has 4 N–H and O–H groups in total. The topological polar surface area (TPSA) is 120 Å². The summed E-state index contributed by atoms with van der Waals surface area (Å²) in [4.78, 5) is 26.5. The number of carbonyl (C=O) groups excluding carboxylic acids is 1. The van der Waals surface area contributed by atoms with Crippen molar-refractivity contribution in [3.05, 3.63) is 12.2 Å². The van der Waals surface area contributed by atoms with Crippen molar-refractivity contribution in [2.75, 3.05) is 6.54 Å². The Hall–Kier alpha value is -2.12. The van der Waals surface area contributed by atoms with Crippen molar-refractivity contribution in [2.45, 2.75) is 32.7 Å². The summed E-state index contributed by atoms with van der Waals surface area (Å²) in [6.07, 6.45) is 2.57. The van der Waals surface area contributed by atoms with Gasteiger partial charge in [-0.1, -0.05) is 20.3 Å². The second-order valence-electron chi connectivity index (χ2n) is 4.28. The van der Waals surface area contributed by atoms with Gasteiger partial charge >= 0.3 is 12.0 Å². The predicted molar refractivity (Wildman–Crippen MR) is 67.5 cm³/mol. The highest BCUT2D eigenvalue weighted by Gasteiger charge is 2.24. The molecular weight excluding hydrogens is 250 g/mol. The normalized spacial score (nSPS) is 13.6. The standard InChI is InChI=1S/C11H19N5O3/c1-3-7(2)9(10(17)18)15-11(19)12-5-4-8-13-6-14-16-8/h6-7,9H,3-5H2,1-2H3,(H,17,18)(H2,12,15,19)(H,13,14,16)/t7-,9-/m0/s1. The Kier molecular flexibility index (Phi) is 5.77. The zero-order valence-corrected chi connectivity index (χ0v) is 11.0. The molecule has 1 aromatic heterocycles. The largest absolute Gasteiger partial charge is 0.480 e. The minimum atomic E-state index is -1.03. The smallest absolute Gasteiger partial charge is 0.326 e. The average Bonchev–Trinajstić information content (AvgIpc) is 2.87. The molecule has 1 rings (SSSR count). The van der Waals surface area contributed by atoms with Gasteiger partial charge in [0.05, 0.1) is 0 Å². The molecule has 106 valence electrons. The lowest BCUT2D eigenvalue weighted by Gasteiger charge is -2.20. The van der Waals surface area contributed by atoms with Crippen molar-refractivity contribution in [1.82, 2.24) is 25.8 Å². The van der Waals surface area contributed by atoms with E-state index in [0.717, 1.165) is 0 Å². The SMILES string of the molecule is CC[C@H](C)[C@H](NC(=O)NCCc1ncn[nH]1)C(=O)O. The molecule has 2 atom stereocenters. The maximum Gasteiger partial charge on any atom is 0.326 e. The number of rotatable bonds is 7. The molecule has 0 aliphatic rings. The summed E-state index contributed by atoms with van der Waals surface area (Å²) in [6, 6.07) is -1.37. The second kappa shape index (κ2) is 7.34. The van der Waals surface area contributed by atoms with Gasteiger partial charge in [0.1, 0.15) is 18.2 Å². The molecule has 0 spiro atoms. The molecule has 1 heterocycles. The quantitative estimate of drug-likeness (QED) is 0.561. The van der Waals surface area contributed by atoms with Gasteiger partial charge in [0.15, 0.2) is 0 Å². The summed E-state index contributed by atoms with van der Waals surface area (Å²) < 4.78 is 0. The number of urea groups is 1. The van der Waals surface area contributed by atoms with E-state index in [-0.39, 0.29) is 5.92 Å². The van der Waals surface area contributed by atoms with Crippen LogP contribution in [0.1, 0.15) is 26.1 Å². The molecule has 0 saturated carbocycles. The minimum absolute atomic E-state index is 0.127. The molecule has 8 heteroatoms. The van der Waals surface area contributed by atoms with E-state index in [9.17, 15) is 9.59 Å². The minimum Gasteiger partial charge on any atom is -0.480 e. The van der Waals surface area contributed by atoms with Gasteiger partial charge in [-0.3, -0.25) is 5.10 Å². The van der Waals surface area contributed by atoms with Crippen LogP contribution < -0.4 is 10.6 Å². The summed E-state index contributed by atoms with van der Waals surface area (Å²) >= 11 is 0. The highest BCUT2D eigenvalue weighted by molar-refractivity contribution is 5.82. The first-order valence-corrected chi connectivity index (χ1v) is 6.16. The Bertz CT molecular complexity index is 406. The van der Waals surface area contributed by atoms with Crippen molar-refractivity contribution in [1.29, 1.82) is 0 Å². The first-order chi connectivity index (χ1) is 9.04. The van der Waals surface area contributed by atoms with Crippen LogP contribution in [0.15, 0.2) is 6.33 Å². The fourth-order valence-corrected chi connectivity index (χ4v) is 1.52. The Balaban J connectivity index is 2.34. The number of hydrogen-bond acceptors (Lipinski definition) is 4. The van der Waals surface area contributed by atoms with Gasteiger partial charge in [-0.15, -0.1) is 0 Å². The summed E-state index contributed by atoms with van der Waals surface area (Å²) in [7, 11) is 0. The molecule has 1 aromatic rings. The first-order valence-electron chi connectivity index (χ1n) is 6.16. The fourth-order valence-electron chi connectivity index (χ4n) is 1.52. The Morgan fingerprint density at radius 2 is 2.26 bits per heavy atom. The molecule has 2 amide bonds. The Morgan fingerprint density at radius 1 is 1.53 bits per heavy atom. The number of carboxylic acid groups (broad SMARTS) is 1. The lowest BCUT2D eigenvalue weighted by atomic mass is 9.99. The third-order valence-electron chi connectivity index (χ3n) is 2.88. The van der Waals surface area contributed by atoms with Gasteiger partial charge in [-0.05, 0) is 5.92 Å². The number of amides is 2. The number of aromatic nitrogens is 3. The van der Waals surface area contributed by atoms with Crippen LogP contribution in [-0.4, -0.2) is 44.9 Å². The van der Waals surface area contributed by atoms with Crippen molar-refractivity contribution in [3.8, 4) is 0 Å². The predicted octanol–water partition coefficient (Wildman–Crippen LogP) is 0.146. The first kappa shape index (κ1) is 14.9. The van der Waals surface area contributed by atoms with Gasteiger partial charge in [-0.25, -0.2) is 14.6 Å². The molecular formula is C11H19N5O3. The zero-order chi connectivity index (χ0) is 14.3. The van der Waals surface area contributed by atoms with Crippen molar-refractivity contribution in [2.24, 2.45) is 5.92 Å². The molecule has 0 unspecified atom stereocenters. The Labute approximate surface area is 111 Å². The number of hydrogen-bond donors (Lipinski definition) is 4. The molecule has 0 saturated heterocycles. The van der Waals surface area contributed by atoms with E-state index < -0.39 is 18.0 Å². The van der Waals surface area contributed by atoms with Gasteiger partial charge < -0.3 is 15.7 Å². The highest BCUT2D eigenvalue weighted by Crippen LogP contribution is 2.07. The van der Waals surface area contributed by atoms with Crippen LogP contribution >= 0.6 is 0 Å². The molecule has 0 aromatic carbocycles. The van der Waals surface area contributed by atoms with Crippen LogP contribution in [0.5, 0.6) is 0 Å². The second-order valence-corrected chi connectivity index (χ2v) is 4.28. The van der Waals surface area contributed by atoms with Crippen molar-refractivity contribution < 1.29 is 14.7 Å². The third kappa shape index (κ3) is 4.94. The summed E-state index contributed by atoms with van der Waals surface area (Å²) in [5.41, 5.74) is 0. The number of carbonyl (C=O) groups is 2. The van der Waals surface area contributed by atoms with Crippen LogP contribution in [0.4, 0.5) is 4.79 Å². The Morgan fingerprint density at radius 3 is 2.79 bits per heavy atom. The van der Waals surface area contributed by atoms with Crippen LogP contribution in [0, 0.1) is 5.92 Å². The number of nitrogens with zero attached hydrogens (tertiary/aromatic N) is 2. The molecule has 0 aliphatic carbocycles. The number of aromatic amines is 1. The lowest BCUT2D eigenvalue weighted by molar-refractivity contribution is -0.140. The molecule has 0 fully saturated rings. The summed E-state index contributed by atoms with van der Waals surface area (Å²) in [6.45, 7) is 4.02. The summed E-state index contributed by atoms with van der Waals surface area (Å²) in [5, 5.41) is 20.4. The zero-order valence-electron chi connectivity index (χ0n) is 11.0. The van der Waals surface area contributed by atoms with E-state index in [1.165, 1.54) is 6.33 Å². The molecule has 8 nitrogen and oxygen atoms in total. The maximum absolute atomic E-state index is 11.6. The van der Waals surface area contributed by atoms with Crippen LogP contribution in [-0.2, 0) is 11.2 Å². The molecule has 0 aliphatic heterocycles. The number of aliphatic carboxylic acids is 1. The van der Waals surface area contributed by atoms with Crippen molar-refractivity contribution >= 4 is 12.0 Å². The number of carboxylic acids is 1. The lowest BCUT2D eigenvalue weighted by Crippen LogP contribution is -2.49. The highest BCUT2D eigenvalue weighted by atomic mass is 16.4. The van der Waals surface area contributed by atoms with Crippen molar-refractivity contribution in [3.63, 3.8) is 0 Å². The molecule has 0 radical (unpaired) electrons. The molecule has 0 bridgehead atoms. The van der Waals surface area contributed by atoms with E-state index in [1.807, 2.05) is 6.92 Å². The monoisotopic (exact) mass is 269 g/mol. The van der Waals surface area contributed by atoms with Crippen LogP contribution in [0.2, 0.25) is 0 Å². The molecule has 19 heavy (non-hydrogen) atoms. The van der Waals surface area contributed by atoms with E-state index in [2.05, 4.69) is 25.8 Å². The fraction of sp³-hybridized carbons (Fsp3) is 0.636. The van der Waals surface area contributed by atoms with Crippen LogP contribution in [0.25, 0.3) is 0 Å². The van der Waals surface area contributed by atoms with E-state index in [4.69, 9.17) is 5.11 Å². The maximum atomic E-state index is 11.6. The third-order valence-corrected chi connectivity index (χ3v) is 2.88. The van der Waals surface area contributed by atoms with Crippen LogP contribution in [0.3, 0.4) is 0 Å². The van der Waals surface area contributed by atoms with Gasteiger partial charge in [0, 0.05) is 13.0 Å².